The standard InChI is InChI=1S/C11H24N5O7P/c17-11(18)9-12-10-24(19,22-13-15-1-5-20-6-2-15)23-14-16-3-7-21-8-4-16/h12-14H,1-10H2,(H,17,18). The Labute approximate surface area is 139 Å². The number of aliphatic carboxylic acids is 1. The summed E-state index contributed by atoms with van der Waals surface area (Å²) >= 11 is 0. The molecule has 2 aliphatic rings. The molecule has 0 spiro atoms. The Hall–Kier alpha value is -0.660. The van der Waals surface area contributed by atoms with E-state index in [0.717, 1.165) is 0 Å². The number of morpholine rings is 2. The molecule has 4 N–H and O–H groups in total. The monoisotopic (exact) mass is 369 g/mol. The number of ether oxygens (including phenoxy) is 2. The lowest BCUT2D eigenvalue weighted by molar-refractivity contribution is -0.135. The van der Waals surface area contributed by atoms with E-state index in [0.29, 0.717) is 52.6 Å². The van der Waals surface area contributed by atoms with Crippen LogP contribution in [0.3, 0.4) is 0 Å². The normalized spacial score (nSPS) is 21.0. The third-order valence-corrected chi connectivity index (χ3v) is 4.55. The van der Waals surface area contributed by atoms with E-state index in [9.17, 15) is 9.36 Å². The Balaban J connectivity index is 1.81. The summed E-state index contributed by atoms with van der Waals surface area (Å²) in [6, 6.07) is 0. The lowest BCUT2D eigenvalue weighted by Crippen LogP contribution is -2.47. The molecule has 2 rings (SSSR count). The number of hydrogen-bond donors (Lipinski definition) is 4. The van der Waals surface area contributed by atoms with E-state index >= 15 is 0 Å². The fraction of sp³-hybridized carbons (Fsp3) is 0.909. The maximum atomic E-state index is 12.7. The zero-order valence-electron chi connectivity index (χ0n) is 13.3. The largest absolute Gasteiger partial charge is 0.480 e. The summed E-state index contributed by atoms with van der Waals surface area (Å²) in [4.78, 5) is 10.6. The van der Waals surface area contributed by atoms with Gasteiger partial charge in [-0.1, -0.05) is 0 Å². The van der Waals surface area contributed by atoms with E-state index in [1.54, 1.807) is 10.0 Å². The van der Waals surface area contributed by atoms with Gasteiger partial charge in [0.2, 0.25) is 0 Å². The summed E-state index contributed by atoms with van der Waals surface area (Å²) in [7, 11) is -3.67. The molecule has 0 unspecified atom stereocenters. The van der Waals surface area contributed by atoms with Crippen LogP contribution in [0.2, 0.25) is 0 Å². The molecular weight excluding hydrogens is 345 g/mol. The lowest BCUT2D eigenvalue weighted by Gasteiger charge is -2.30. The second-order valence-electron chi connectivity index (χ2n) is 5.15. The van der Waals surface area contributed by atoms with Crippen molar-refractivity contribution in [3.8, 4) is 0 Å². The van der Waals surface area contributed by atoms with Crippen molar-refractivity contribution in [3.05, 3.63) is 0 Å². The Morgan fingerprint density at radius 2 is 1.46 bits per heavy atom. The molecule has 0 saturated carbocycles. The van der Waals surface area contributed by atoms with Gasteiger partial charge in [0.25, 0.3) is 0 Å². The zero-order valence-corrected chi connectivity index (χ0v) is 14.2. The molecule has 12 nitrogen and oxygen atoms in total. The fourth-order valence-corrected chi connectivity index (χ4v) is 2.96. The molecular formula is C11H24N5O7P. The Bertz CT molecular complexity index is 405. The number of carboxylic acid groups (broad SMARTS) is 1. The second kappa shape index (κ2) is 10.4. The van der Waals surface area contributed by atoms with Gasteiger partial charge in [0.05, 0.1) is 33.0 Å². The number of rotatable bonds is 10. The molecule has 0 amide bonds. The van der Waals surface area contributed by atoms with Gasteiger partial charge in [-0.25, -0.2) is 19.3 Å². The van der Waals surface area contributed by atoms with E-state index in [1.165, 1.54) is 0 Å². The van der Waals surface area contributed by atoms with Crippen LogP contribution >= 0.6 is 7.60 Å². The Morgan fingerprint density at radius 3 is 1.88 bits per heavy atom. The fourth-order valence-electron chi connectivity index (χ4n) is 1.93. The van der Waals surface area contributed by atoms with E-state index in [2.05, 4.69) is 16.5 Å². The lowest BCUT2D eigenvalue weighted by atomic mass is 10.5. The summed E-state index contributed by atoms with van der Waals surface area (Å²) in [5.74, 6) is -1.07. The summed E-state index contributed by atoms with van der Waals surface area (Å²) < 4.78 is 33.6. The SMILES string of the molecule is O=C(O)CNCP(=O)(ONN1CCOCC1)ONN1CCOCC1. The quantitative estimate of drug-likeness (QED) is 0.260. The minimum absolute atomic E-state index is 0.270. The molecule has 24 heavy (non-hydrogen) atoms. The summed E-state index contributed by atoms with van der Waals surface area (Å²) in [5, 5.41) is 14.6. The molecule has 140 valence electrons. The summed E-state index contributed by atoms with van der Waals surface area (Å²) in [6.45, 7) is 4.05. The van der Waals surface area contributed by atoms with Crippen molar-refractivity contribution < 1.29 is 33.2 Å². The van der Waals surface area contributed by atoms with Crippen molar-refractivity contribution >= 4 is 13.6 Å². The van der Waals surface area contributed by atoms with Crippen molar-refractivity contribution in [2.24, 2.45) is 0 Å². The molecule has 0 atom stereocenters. The maximum Gasteiger partial charge on any atom is 0.379 e. The highest BCUT2D eigenvalue weighted by atomic mass is 31.2. The van der Waals surface area contributed by atoms with E-state index in [4.69, 9.17) is 23.8 Å². The molecule has 2 saturated heterocycles. The maximum absolute atomic E-state index is 12.7. The molecule has 0 radical (unpaired) electrons. The molecule has 0 aromatic rings. The van der Waals surface area contributed by atoms with Crippen LogP contribution in [0.15, 0.2) is 0 Å². The van der Waals surface area contributed by atoms with Crippen molar-refractivity contribution in [2.45, 2.75) is 0 Å². The van der Waals surface area contributed by atoms with Gasteiger partial charge in [-0.05, 0) is 0 Å². The van der Waals surface area contributed by atoms with Crippen molar-refractivity contribution in [1.82, 2.24) is 26.5 Å². The molecule has 2 aliphatic heterocycles. The number of hydrogen-bond acceptors (Lipinski definition) is 11. The average molecular weight is 369 g/mol. The minimum Gasteiger partial charge on any atom is -0.480 e. The first-order chi connectivity index (χ1) is 11.6. The molecule has 0 aliphatic carbocycles. The van der Waals surface area contributed by atoms with Gasteiger partial charge in [-0.15, -0.1) is 11.2 Å². The number of nitrogens with one attached hydrogen (secondary N) is 3. The molecule has 13 heteroatoms. The number of nitrogens with zero attached hydrogens (tertiary/aromatic N) is 2. The van der Waals surface area contributed by atoms with Crippen LogP contribution in [0.1, 0.15) is 0 Å². The highest BCUT2D eigenvalue weighted by Gasteiger charge is 2.29. The van der Waals surface area contributed by atoms with Crippen LogP contribution < -0.4 is 16.5 Å². The van der Waals surface area contributed by atoms with Crippen LogP contribution in [-0.4, -0.2) is 86.5 Å². The first-order valence-corrected chi connectivity index (χ1v) is 9.36. The second-order valence-corrected chi connectivity index (χ2v) is 7.06. The number of carboxylic acids is 1. The highest BCUT2D eigenvalue weighted by Crippen LogP contribution is 2.44. The van der Waals surface area contributed by atoms with Gasteiger partial charge < -0.3 is 14.6 Å². The number of hydrazine groups is 2. The number of carbonyl (C=O) groups is 1. The predicted molar refractivity (Wildman–Crippen MR) is 81.3 cm³/mol. The van der Waals surface area contributed by atoms with Gasteiger partial charge in [0.15, 0.2) is 0 Å². The van der Waals surface area contributed by atoms with Gasteiger partial charge in [0, 0.05) is 26.2 Å². The molecule has 0 aromatic carbocycles. The van der Waals surface area contributed by atoms with Crippen LogP contribution in [0.5, 0.6) is 0 Å². The average Bonchev–Trinajstić information content (AvgIpc) is 2.60. The molecule has 0 bridgehead atoms. The third kappa shape index (κ3) is 7.49. The topological polar surface area (TPSA) is 134 Å². The van der Waals surface area contributed by atoms with Gasteiger partial charge in [0.1, 0.15) is 6.29 Å². The minimum atomic E-state index is -3.67. The first-order valence-electron chi connectivity index (χ1n) is 7.63. The predicted octanol–water partition coefficient (Wildman–Crippen LogP) is -1.65. The Morgan fingerprint density at radius 1 is 1.00 bits per heavy atom. The van der Waals surface area contributed by atoms with Crippen LogP contribution in [0.25, 0.3) is 0 Å². The summed E-state index contributed by atoms with van der Waals surface area (Å²) in [5.41, 5.74) is 5.17. The van der Waals surface area contributed by atoms with Crippen LogP contribution in [0.4, 0.5) is 0 Å². The van der Waals surface area contributed by atoms with Crippen molar-refractivity contribution in [3.63, 3.8) is 0 Å². The van der Waals surface area contributed by atoms with Crippen LogP contribution in [0, 0.1) is 0 Å². The van der Waals surface area contributed by atoms with Gasteiger partial charge in [-0.3, -0.25) is 14.7 Å². The molecule has 0 aromatic heterocycles. The van der Waals surface area contributed by atoms with Crippen molar-refractivity contribution in [2.75, 3.05) is 65.4 Å². The van der Waals surface area contributed by atoms with Crippen molar-refractivity contribution in [1.29, 1.82) is 0 Å². The molecule has 2 heterocycles. The van der Waals surface area contributed by atoms with E-state index in [-0.39, 0.29) is 12.8 Å². The highest BCUT2D eigenvalue weighted by molar-refractivity contribution is 7.53. The Kier molecular flexibility index (Phi) is 8.49. The summed E-state index contributed by atoms with van der Waals surface area (Å²) in [6.07, 6.45) is -0.270. The third-order valence-electron chi connectivity index (χ3n) is 3.22. The van der Waals surface area contributed by atoms with E-state index < -0.39 is 13.6 Å². The van der Waals surface area contributed by atoms with Crippen LogP contribution in [-0.2, 0) is 28.1 Å². The smallest absolute Gasteiger partial charge is 0.379 e. The first kappa shape index (κ1) is 19.7. The van der Waals surface area contributed by atoms with Gasteiger partial charge >= 0.3 is 13.6 Å². The molecule has 2 fully saturated rings. The van der Waals surface area contributed by atoms with Gasteiger partial charge in [-0.2, -0.15) is 0 Å². The van der Waals surface area contributed by atoms with E-state index in [1.807, 2.05) is 0 Å². The zero-order chi connectivity index (χ0) is 17.3.